The van der Waals surface area contributed by atoms with Gasteiger partial charge in [-0.3, -0.25) is 4.79 Å². The summed E-state index contributed by atoms with van der Waals surface area (Å²) in [5, 5.41) is 0. The van der Waals surface area contributed by atoms with Crippen LogP contribution in [0.4, 0.5) is 5.69 Å². The first kappa shape index (κ1) is 12.6. The van der Waals surface area contributed by atoms with Crippen LogP contribution in [0.2, 0.25) is 0 Å². The van der Waals surface area contributed by atoms with Gasteiger partial charge in [0.05, 0.1) is 17.0 Å². The van der Waals surface area contributed by atoms with Crippen LogP contribution in [0.15, 0.2) is 30.3 Å². The molecular formula is C14H15NO2S. The molecule has 3 nitrogen and oxygen atoms in total. The summed E-state index contributed by atoms with van der Waals surface area (Å²) in [7, 11) is 0. The summed E-state index contributed by atoms with van der Waals surface area (Å²) < 4.78 is 5.47. The summed E-state index contributed by atoms with van der Waals surface area (Å²) in [6, 6.07) is 9.03. The number of carbonyl (C=O) groups is 1. The van der Waals surface area contributed by atoms with E-state index in [-0.39, 0.29) is 5.78 Å². The molecule has 2 N–H and O–H groups in total. The molecule has 0 aliphatic rings. The van der Waals surface area contributed by atoms with Gasteiger partial charge in [-0.05, 0) is 38.1 Å². The Morgan fingerprint density at radius 2 is 2.11 bits per heavy atom. The highest BCUT2D eigenvalue weighted by Crippen LogP contribution is 2.29. The van der Waals surface area contributed by atoms with Crippen LogP contribution in [0.25, 0.3) is 0 Å². The molecule has 1 aromatic heterocycles. The van der Waals surface area contributed by atoms with E-state index in [4.69, 9.17) is 10.5 Å². The van der Waals surface area contributed by atoms with Gasteiger partial charge in [0.2, 0.25) is 5.78 Å². The Morgan fingerprint density at radius 3 is 2.72 bits per heavy atom. The molecule has 2 rings (SSSR count). The first-order chi connectivity index (χ1) is 8.63. The number of benzene rings is 1. The minimum absolute atomic E-state index is 0.0744. The average Bonchev–Trinajstić information content (AvgIpc) is 2.76. The maximum absolute atomic E-state index is 12.4. The van der Waals surface area contributed by atoms with Crippen LogP contribution in [0.5, 0.6) is 5.75 Å². The van der Waals surface area contributed by atoms with Gasteiger partial charge < -0.3 is 10.5 Å². The molecule has 0 aliphatic heterocycles. The lowest BCUT2D eigenvalue weighted by Gasteiger charge is -2.10. The van der Waals surface area contributed by atoms with Crippen molar-refractivity contribution in [2.75, 3.05) is 12.3 Å². The third kappa shape index (κ3) is 2.38. The van der Waals surface area contributed by atoms with Gasteiger partial charge in [-0.25, -0.2) is 0 Å². The zero-order chi connectivity index (χ0) is 13.1. The zero-order valence-corrected chi connectivity index (χ0v) is 11.2. The second-order valence-electron chi connectivity index (χ2n) is 3.89. The molecular weight excluding hydrogens is 246 g/mol. The van der Waals surface area contributed by atoms with E-state index in [1.807, 2.05) is 26.0 Å². The van der Waals surface area contributed by atoms with Gasteiger partial charge in [-0.15, -0.1) is 11.3 Å². The lowest BCUT2D eigenvalue weighted by molar-refractivity contribution is 0.104. The highest BCUT2D eigenvalue weighted by Gasteiger charge is 2.19. The van der Waals surface area contributed by atoms with Crippen LogP contribution in [0, 0.1) is 6.92 Å². The SMILES string of the molecule is CCOc1cccc(N)c1C(=O)c1ccc(C)s1. The molecule has 4 heteroatoms. The second-order valence-corrected chi connectivity index (χ2v) is 5.18. The smallest absolute Gasteiger partial charge is 0.208 e. The van der Waals surface area contributed by atoms with E-state index >= 15 is 0 Å². The third-order valence-electron chi connectivity index (χ3n) is 2.55. The number of anilines is 1. The van der Waals surface area contributed by atoms with Crippen molar-refractivity contribution in [1.82, 2.24) is 0 Å². The van der Waals surface area contributed by atoms with Crippen molar-refractivity contribution in [2.45, 2.75) is 13.8 Å². The van der Waals surface area contributed by atoms with Crippen molar-refractivity contribution < 1.29 is 9.53 Å². The van der Waals surface area contributed by atoms with Crippen molar-refractivity contribution >= 4 is 22.8 Å². The van der Waals surface area contributed by atoms with E-state index < -0.39 is 0 Å². The van der Waals surface area contributed by atoms with Gasteiger partial charge in [-0.2, -0.15) is 0 Å². The molecule has 0 radical (unpaired) electrons. The van der Waals surface area contributed by atoms with E-state index in [9.17, 15) is 4.79 Å². The maximum atomic E-state index is 12.4. The highest BCUT2D eigenvalue weighted by atomic mass is 32.1. The molecule has 2 aromatic rings. The van der Waals surface area contributed by atoms with Crippen molar-refractivity contribution in [3.63, 3.8) is 0 Å². The van der Waals surface area contributed by atoms with E-state index in [1.165, 1.54) is 11.3 Å². The maximum Gasteiger partial charge on any atom is 0.208 e. The summed E-state index contributed by atoms with van der Waals surface area (Å²) >= 11 is 1.47. The Kier molecular flexibility index (Phi) is 3.67. The Morgan fingerprint density at radius 1 is 1.33 bits per heavy atom. The van der Waals surface area contributed by atoms with E-state index in [2.05, 4.69) is 0 Å². The Labute approximate surface area is 110 Å². The Bertz CT molecular complexity index is 575. The number of hydrogen-bond acceptors (Lipinski definition) is 4. The Balaban J connectivity index is 2.46. The number of ether oxygens (including phenoxy) is 1. The molecule has 0 bridgehead atoms. The van der Waals surface area contributed by atoms with E-state index in [0.717, 1.165) is 4.88 Å². The van der Waals surface area contributed by atoms with Crippen LogP contribution < -0.4 is 10.5 Å². The zero-order valence-electron chi connectivity index (χ0n) is 10.4. The summed E-state index contributed by atoms with van der Waals surface area (Å²) in [4.78, 5) is 14.2. The first-order valence-electron chi connectivity index (χ1n) is 5.76. The fourth-order valence-corrected chi connectivity index (χ4v) is 2.56. The van der Waals surface area contributed by atoms with Crippen molar-refractivity contribution in [3.05, 3.63) is 45.6 Å². The summed E-state index contributed by atoms with van der Waals surface area (Å²) in [5.74, 6) is 0.475. The van der Waals surface area contributed by atoms with Crippen LogP contribution in [-0.4, -0.2) is 12.4 Å². The number of nitrogen functional groups attached to an aromatic ring is 1. The second kappa shape index (κ2) is 5.23. The lowest BCUT2D eigenvalue weighted by Crippen LogP contribution is -2.07. The number of hydrogen-bond donors (Lipinski definition) is 1. The van der Waals surface area contributed by atoms with Crippen LogP contribution in [0.1, 0.15) is 27.0 Å². The fraction of sp³-hybridized carbons (Fsp3) is 0.214. The summed E-state index contributed by atoms with van der Waals surface area (Å²) in [5.41, 5.74) is 6.82. The van der Waals surface area contributed by atoms with Crippen LogP contribution in [0.3, 0.4) is 0 Å². The predicted molar refractivity (Wildman–Crippen MR) is 74.5 cm³/mol. The van der Waals surface area contributed by atoms with Crippen molar-refractivity contribution in [2.24, 2.45) is 0 Å². The number of nitrogens with two attached hydrogens (primary N) is 1. The summed E-state index contributed by atoms with van der Waals surface area (Å²) in [6.45, 7) is 4.36. The normalized spacial score (nSPS) is 10.3. The molecule has 94 valence electrons. The quantitative estimate of drug-likeness (QED) is 0.679. The molecule has 0 atom stereocenters. The number of carbonyl (C=O) groups excluding carboxylic acids is 1. The summed E-state index contributed by atoms with van der Waals surface area (Å²) in [6.07, 6.45) is 0. The number of rotatable bonds is 4. The molecule has 0 saturated carbocycles. The van der Waals surface area contributed by atoms with Gasteiger partial charge >= 0.3 is 0 Å². The first-order valence-corrected chi connectivity index (χ1v) is 6.57. The molecule has 0 saturated heterocycles. The van der Waals surface area contributed by atoms with E-state index in [0.29, 0.717) is 28.5 Å². The molecule has 1 heterocycles. The topological polar surface area (TPSA) is 52.3 Å². The lowest BCUT2D eigenvalue weighted by atomic mass is 10.1. The van der Waals surface area contributed by atoms with Gasteiger partial charge in [0.25, 0.3) is 0 Å². The molecule has 1 aromatic carbocycles. The monoisotopic (exact) mass is 261 g/mol. The largest absolute Gasteiger partial charge is 0.493 e. The molecule has 0 spiro atoms. The Hall–Kier alpha value is -1.81. The molecule has 0 aliphatic carbocycles. The number of thiophene rings is 1. The molecule has 0 amide bonds. The van der Waals surface area contributed by atoms with Gasteiger partial charge in [-0.1, -0.05) is 6.07 Å². The molecule has 18 heavy (non-hydrogen) atoms. The highest BCUT2D eigenvalue weighted by molar-refractivity contribution is 7.14. The van der Waals surface area contributed by atoms with Gasteiger partial charge in [0.15, 0.2) is 0 Å². The van der Waals surface area contributed by atoms with E-state index in [1.54, 1.807) is 18.2 Å². The standard InChI is InChI=1S/C14H15NO2S/c1-3-17-11-6-4-5-10(15)13(11)14(16)12-8-7-9(2)18-12/h4-8H,3,15H2,1-2H3. The minimum Gasteiger partial charge on any atom is -0.493 e. The van der Waals surface area contributed by atoms with Gasteiger partial charge in [0, 0.05) is 10.6 Å². The van der Waals surface area contributed by atoms with Crippen molar-refractivity contribution in [1.29, 1.82) is 0 Å². The molecule has 0 unspecified atom stereocenters. The fourth-order valence-electron chi connectivity index (χ4n) is 1.75. The van der Waals surface area contributed by atoms with Gasteiger partial charge in [0.1, 0.15) is 5.75 Å². The minimum atomic E-state index is -0.0744. The number of ketones is 1. The third-order valence-corrected chi connectivity index (χ3v) is 3.55. The average molecular weight is 261 g/mol. The van der Waals surface area contributed by atoms with Crippen LogP contribution >= 0.6 is 11.3 Å². The predicted octanol–water partition coefficient (Wildman–Crippen LogP) is 3.27. The van der Waals surface area contributed by atoms with Crippen LogP contribution in [-0.2, 0) is 0 Å². The number of aryl methyl sites for hydroxylation is 1. The molecule has 0 fully saturated rings. The van der Waals surface area contributed by atoms with Crippen molar-refractivity contribution in [3.8, 4) is 5.75 Å².